The first kappa shape index (κ1) is 14.4. The Morgan fingerprint density at radius 3 is 1.77 bits per heavy atom. The summed E-state index contributed by atoms with van der Waals surface area (Å²) in [5, 5.41) is 17.7. The normalized spacial score (nSPS) is 10.3. The molecule has 0 spiro atoms. The van der Waals surface area contributed by atoms with E-state index in [1.54, 1.807) is 12.1 Å². The average molecular weight is 290 g/mol. The molecule has 0 aromatic heterocycles. The molecule has 0 radical (unpaired) electrons. The third kappa shape index (κ3) is 3.36. The SMILES string of the molecule is OB(O)Oc1cccc(-c2ccc(-c3ccccc3)cc2)c1. The minimum atomic E-state index is -1.81. The summed E-state index contributed by atoms with van der Waals surface area (Å²) >= 11 is 0. The summed E-state index contributed by atoms with van der Waals surface area (Å²) in [4.78, 5) is 0. The predicted molar refractivity (Wildman–Crippen MR) is 88.1 cm³/mol. The number of hydrogen-bond donors (Lipinski definition) is 2. The molecule has 0 unspecified atom stereocenters. The van der Waals surface area contributed by atoms with Crippen LogP contribution in [0.3, 0.4) is 0 Å². The van der Waals surface area contributed by atoms with E-state index in [1.807, 2.05) is 42.5 Å². The molecule has 3 aromatic rings. The molecule has 0 aliphatic rings. The van der Waals surface area contributed by atoms with Crippen LogP contribution in [0.4, 0.5) is 0 Å². The van der Waals surface area contributed by atoms with Crippen molar-refractivity contribution in [3.8, 4) is 28.0 Å². The molecule has 0 saturated carbocycles. The second-order valence-corrected chi connectivity index (χ2v) is 4.92. The van der Waals surface area contributed by atoms with Gasteiger partial charge in [-0.2, -0.15) is 0 Å². The van der Waals surface area contributed by atoms with Gasteiger partial charge in [-0.05, 0) is 34.4 Å². The van der Waals surface area contributed by atoms with Gasteiger partial charge in [0, 0.05) is 0 Å². The molecule has 0 atom stereocenters. The lowest BCUT2D eigenvalue weighted by Crippen LogP contribution is -2.20. The predicted octanol–water partition coefficient (Wildman–Crippen LogP) is 3.37. The molecular weight excluding hydrogens is 275 g/mol. The van der Waals surface area contributed by atoms with Crippen molar-refractivity contribution < 1.29 is 14.7 Å². The van der Waals surface area contributed by atoms with E-state index in [4.69, 9.17) is 14.7 Å². The Hall–Kier alpha value is -2.56. The van der Waals surface area contributed by atoms with Crippen LogP contribution in [0.5, 0.6) is 5.75 Å². The van der Waals surface area contributed by atoms with Crippen molar-refractivity contribution in [2.45, 2.75) is 0 Å². The van der Waals surface area contributed by atoms with Crippen LogP contribution in [-0.2, 0) is 0 Å². The smallest absolute Gasteiger partial charge is 0.512 e. The van der Waals surface area contributed by atoms with Crippen molar-refractivity contribution in [2.75, 3.05) is 0 Å². The van der Waals surface area contributed by atoms with Crippen LogP contribution in [-0.4, -0.2) is 17.4 Å². The Morgan fingerprint density at radius 2 is 1.14 bits per heavy atom. The van der Waals surface area contributed by atoms with E-state index in [-0.39, 0.29) is 0 Å². The van der Waals surface area contributed by atoms with Crippen molar-refractivity contribution in [1.29, 1.82) is 0 Å². The maximum atomic E-state index is 8.86. The minimum absolute atomic E-state index is 0.416. The van der Waals surface area contributed by atoms with E-state index in [9.17, 15) is 0 Å². The molecular formula is C18H15BO3. The zero-order valence-electron chi connectivity index (χ0n) is 11.9. The van der Waals surface area contributed by atoms with Gasteiger partial charge in [0.1, 0.15) is 5.75 Å². The second-order valence-electron chi connectivity index (χ2n) is 4.92. The maximum absolute atomic E-state index is 8.86. The lowest BCUT2D eigenvalue weighted by Gasteiger charge is -2.08. The zero-order valence-corrected chi connectivity index (χ0v) is 11.9. The van der Waals surface area contributed by atoms with E-state index in [0.29, 0.717) is 5.75 Å². The van der Waals surface area contributed by atoms with Crippen molar-refractivity contribution in [1.82, 2.24) is 0 Å². The van der Waals surface area contributed by atoms with Gasteiger partial charge in [0.2, 0.25) is 0 Å². The zero-order chi connectivity index (χ0) is 15.4. The van der Waals surface area contributed by atoms with E-state index >= 15 is 0 Å². The van der Waals surface area contributed by atoms with Crippen LogP contribution in [0, 0.1) is 0 Å². The number of hydrogen-bond acceptors (Lipinski definition) is 3. The Kier molecular flexibility index (Phi) is 4.23. The molecule has 3 rings (SSSR count). The van der Waals surface area contributed by atoms with Crippen LogP contribution in [0.1, 0.15) is 0 Å². The molecule has 3 aromatic carbocycles. The monoisotopic (exact) mass is 290 g/mol. The lowest BCUT2D eigenvalue weighted by atomic mass is 10.0. The summed E-state index contributed by atoms with van der Waals surface area (Å²) in [6, 6.07) is 25.6. The molecule has 3 nitrogen and oxygen atoms in total. The van der Waals surface area contributed by atoms with E-state index < -0.39 is 7.32 Å². The lowest BCUT2D eigenvalue weighted by molar-refractivity contribution is 0.288. The highest BCUT2D eigenvalue weighted by molar-refractivity contribution is 6.33. The van der Waals surface area contributed by atoms with E-state index in [1.165, 1.54) is 5.56 Å². The Morgan fingerprint density at radius 1 is 0.591 bits per heavy atom. The first-order chi connectivity index (χ1) is 10.7. The van der Waals surface area contributed by atoms with E-state index in [2.05, 4.69) is 24.3 Å². The summed E-state index contributed by atoms with van der Waals surface area (Å²) in [5.74, 6) is 0.416. The second kappa shape index (κ2) is 6.47. The van der Waals surface area contributed by atoms with Gasteiger partial charge < -0.3 is 14.7 Å². The highest BCUT2D eigenvalue weighted by Gasteiger charge is 2.11. The van der Waals surface area contributed by atoms with Gasteiger partial charge in [-0.15, -0.1) is 0 Å². The summed E-state index contributed by atoms with van der Waals surface area (Å²) in [5.41, 5.74) is 4.33. The summed E-state index contributed by atoms with van der Waals surface area (Å²) in [7, 11) is -1.81. The molecule has 0 heterocycles. The van der Waals surface area contributed by atoms with Crippen LogP contribution < -0.4 is 4.65 Å². The standard InChI is InChI=1S/C18H15BO3/c20-19(21)22-18-8-4-7-17(13-18)16-11-9-15(10-12-16)14-5-2-1-3-6-14/h1-13,20-21H. The molecule has 0 aliphatic heterocycles. The fourth-order valence-corrected chi connectivity index (χ4v) is 2.36. The first-order valence-electron chi connectivity index (χ1n) is 7.01. The Bertz CT molecular complexity index is 740. The average Bonchev–Trinajstić information content (AvgIpc) is 2.55. The third-order valence-electron chi connectivity index (χ3n) is 3.40. The summed E-state index contributed by atoms with van der Waals surface area (Å²) < 4.78 is 4.88. The molecule has 0 aliphatic carbocycles. The van der Waals surface area contributed by atoms with Gasteiger partial charge >= 0.3 is 7.32 Å². The summed E-state index contributed by atoms with van der Waals surface area (Å²) in [6.07, 6.45) is 0. The van der Waals surface area contributed by atoms with Gasteiger partial charge in [0.25, 0.3) is 0 Å². The molecule has 0 fully saturated rings. The molecule has 2 N–H and O–H groups in total. The van der Waals surface area contributed by atoms with Crippen molar-refractivity contribution >= 4 is 7.32 Å². The minimum Gasteiger partial charge on any atom is -0.512 e. The van der Waals surface area contributed by atoms with Crippen molar-refractivity contribution in [3.63, 3.8) is 0 Å². The van der Waals surface area contributed by atoms with Crippen LogP contribution in [0.25, 0.3) is 22.3 Å². The van der Waals surface area contributed by atoms with Crippen LogP contribution in [0.15, 0.2) is 78.9 Å². The van der Waals surface area contributed by atoms with E-state index in [0.717, 1.165) is 16.7 Å². The fourth-order valence-electron chi connectivity index (χ4n) is 2.36. The van der Waals surface area contributed by atoms with Crippen molar-refractivity contribution in [2.24, 2.45) is 0 Å². The molecule has 0 amide bonds. The number of rotatable bonds is 4. The van der Waals surface area contributed by atoms with Gasteiger partial charge in [0.05, 0.1) is 0 Å². The Balaban J connectivity index is 1.87. The topological polar surface area (TPSA) is 49.7 Å². The van der Waals surface area contributed by atoms with Crippen LogP contribution >= 0.6 is 0 Å². The maximum Gasteiger partial charge on any atom is 0.707 e. The third-order valence-corrected chi connectivity index (χ3v) is 3.40. The molecule has 22 heavy (non-hydrogen) atoms. The number of benzene rings is 3. The summed E-state index contributed by atoms with van der Waals surface area (Å²) in [6.45, 7) is 0. The van der Waals surface area contributed by atoms with Gasteiger partial charge in [-0.1, -0.05) is 66.7 Å². The van der Waals surface area contributed by atoms with Gasteiger partial charge in [-0.25, -0.2) is 0 Å². The highest BCUT2D eigenvalue weighted by Crippen LogP contribution is 2.27. The highest BCUT2D eigenvalue weighted by atomic mass is 16.6. The quantitative estimate of drug-likeness (QED) is 0.724. The van der Waals surface area contributed by atoms with Crippen molar-refractivity contribution in [3.05, 3.63) is 78.9 Å². The fraction of sp³-hybridized carbons (Fsp3) is 0. The first-order valence-corrected chi connectivity index (χ1v) is 7.01. The molecule has 108 valence electrons. The molecule has 0 saturated heterocycles. The Labute approximate surface area is 129 Å². The van der Waals surface area contributed by atoms with Crippen LogP contribution in [0.2, 0.25) is 0 Å². The largest absolute Gasteiger partial charge is 0.707 e. The molecule has 4 heteroatoms. The molecule has 0 bridgehead atoms. The van der Waals surface area contributed by atoms with Gasteiger partial charge in [0.15, 0.2) is 0 Å². The van der Waals surface area contributed by atoms with Gasteiger partial charge in [-0.3, -0.25) is 0 Å².